The molecule has 0 fully saturated rings. The van der Waals surface area contributed by atoms with Gasteiger partial charge in [-0.2, -0.15) is 4.91 Å². The summed E-state index contributed by atoms with van der Waals surface area (Å²) in [6.07, 6.45) is 4.34. The van der Waals surface area contributed by atoms with Crippen molar-refractivity contribution in [1.29, 1.82) is 0 Å². The second kappa shape index (κ2) is 6.00. The number of pyridine rings is 1. The van der Waals surface area contributed by atoms with Crippen LogP contribution in [0.5, 0.6) is 5.88 Å². The van der Waals surface area contributed by atoms with E-state index in [1.54, 1.807) is 19.4 Å². The normalized spacial score (nSPS) is 13.3. The minimum absolute atomic E-state index is 0.248. The van der Waals surface area contributed by atoms with Crippen molar-refractivity contribution in [2.45, 2.75) is 26.3 Å². The first-order valence-electron chi connectivity index (χ1n) is 5.22. The smallest absolute Gasteiger partial charge is 0.212 e. The Hall–Kier alpha value is -1.71. The highest BCUT2D eigenvalue weighted by Gasteiger charge is 2.07. The Morgan fingerprint density at radius 2 is 2.38 bits per heavy atom. The van der Waals surface area contributed by atoms with Crippen LogP contribution in [0.15, 0.2) is 29.1 Å². The second-order valence-corrected chi connectivity index (χ2v) is 3.55. The van der Waals surface area contributed by atoms with Crippen LogP contribution in [0.1, 0.15) is 25.8 Å². The highest BCUT2D eigenvalue weighted by atomic mass is 16.5. The van der Waals surface area contributed by atoms with Crippen LogP contribution in [-0.4, -0.2) is 18.1 Å². The number of methoxy groups -OCH3 is 1. The summed E-state index contributed by atoms with van der Waals surface area (Å²) in [5.74, 6) is 0.579. The van der Waals surface area contributed by atoms with Gasteiger partial charge in [-0.3, -0.25) is 0 Å². The molecule has 0 amide bonds. The number of hydrogen-bond acceptors (Lipinski definition) is 4. The van der Waals surface area contributed by atoms with Gasteiger partial charge in [0.05, 0.1) is 7.11 Å². The van der Waals surface area contributed by atoms with Crippen molar-refractivity contribution < 1.29 is 4.74 Å². The Balaban J connectivity index is 2.84. The van der Waals surface area contributed by atoms with Crippen molar-refractivity contribution in [1.82, 2.24) is 4.98 Å². The van der Waals surface area contributed by atoms with Crippen molar-refractivity contribution in [3.8, 4) is 5.88 Å². The summed E-state index contributed by atoms with van der Waals surface area (Å²) in [5, 5.41) is 3.07. The van der Waals surface area contributed by atoms with Gasteiger partial charge in [-0.25, -0.2) is 4.98 Å². The average Bonchev–Trinajstić information content (AvgIpc) is 2.31. The van der Waals surface area contributed by atoms with Gasteiger partial charge in [0, 0.05) is 12.3 Å². The minimum atomic E-state index is -0.248. The zero-order valence-electron chi connectivity index (χ0n) is 9.80. The Morgan fingerprint density at radius 1 is 1.62 bits per heavy atom. The van der Waals surface area contributed by atoms with E-state index in [1.807, 2.05) is 26.0 Å². The fourth-order valence-corrected chi connectivity index (χ4v) is 1.44. The lowest BCUT2D eigenvalue weighted by molar-refractivity contribution is 0.398. The molecule has 0 radical (unpaired) electrons. The molecular weight excluding hydrogens is 204 g/mol. The first kappa shape index (κ1) is 12.4. The molecular formula is C12H16N2O2. The first-order chi connectivity index (χ1) is 7.71. The van der Waals surface area contributed by atoms with Crippen LogP contribution in [0, 0.1) is 4.91 Å². The van der Waals surface area contributed by atoms with E-state index in [2.05, 4.69) is 10.2 Å². The summed E-state index contributed by atoms with van der Waals surface area (Å²) < 4.78 is 4.96. The van der Waals surface area contributed by atoms with E-state index < -0.39 is 0 Å². The van der Waals surface area contributed by atoms with E-state index in [9.17, 15) is 4.91 Å². The van der Waals surface area contributed by atoms with Crippen LogP contribution >= 0.6 is 0 Å². The number of rotatable bonds is 5. The number of aromatic nitrogens is 1. The van der Waals surface area contributed by atoms with Crippen molar-refractivity contribution in [3.05, 3.63) is 34.4 Å². The average molecular weight is 220 g/mol. The summed E-state index contributed by atoms with van der Waals surface area (Å²) in [4.78, 5) is 14.6. The maximum absolute atomic E-state index is 10.5. The van der Waals surface area contributed by atoms with E-state index in [4.69, 9.17) is 4.74 Å². The van der Waals surface area contributed by atoms with Crippen molar-refractivity contribution >= 4 is 6.08 Å². The lowest BCUT2D eigenvalue weighted by Crippen LogP contribution is -2.02. The molecule has 86 valence electrons. The van der Waals surface area contributed by atoms with Crippen LogP contribution < -0.4 is 4.74 Å². The van der Waals surface area contributed by atoms with Crippen LogP contribution in [-0.2, 0) is 0 Å². The molecule has 0 aromatic carbocycles. The molecule has 0 N–H and O–H groups in total. The van der Waals surface area contributed by atoms with Crippen LogP contribution in [0.25, 0.3) is 6.08 Å². The van der Waals surface area contributed by atoms with Crippen LogP contribution in [0.2, 0.25) is 0 Å². The fourth-order valence-electron chi connectivity index (χ4n) is 1.44. The van der Waals surface area contributed by atoms with E-state index in [0.717, 1.165) is 17.6 Å². The van der Waals surface area contributed by atoms with Crippen LogP contribution in [0.3, 0.4) is 0 Å². The molecule has 1 rings (SSSR count). The van der Waals surface area contributed by atoms with Gasteiger partial charge in [0.1, 0.15) is 6.04 Å². The lowest BCUT2D eigenvalue weighted by atomic mass is 10.1. The predicted octanol–water partition coefficient (Wildman–Crippen LogP) is 3.04. The summed E-state index contributed by atoms with van der Waals surface area (Å²) in [5.41, 5.74) is 1.89. The minimum Gasteiger partial charge on any atom is -0.481 e. The van der Waals surface area contributed by atoms with Crippen molar-refractivity contribution in [2.24, 2.45) is 5.18 Å². The van der Waals surface area contributed by atoms with Gasteiger partial charge < -0.3 is 4.74 Å². The Bertz CT molecular complexity index is 371. The number of ether oxygens (including phenoxy) is 1. The number of nitroso groups, excluding NO2 is 1. The summed E-state index contributed by atoms with van der Waals surface area (Å²) in [7, 11) is 1.58. The molecule has 16 heavy (non-hydrogen) atoms. The van der Waals surface area contributed by atoms with E-state index in [0.29, 0.717) is 5.88 Å². The molecule has 4 heteroatoms. The van der Waals surface area contributed by atoms with E-state index in [-0.39, 0.29) is 6.04 Å². The van der Waals surface area contributed by atoms with Gasteiger partial charge in [0.15, 0.2) is 0 Å². The third kappa shape index (κ3) is 3.15. The molecule has 1 aromatic rings. The summed E-state index contributed by atoms with van der Waals surface area (Å²) >= 11 is 0. The van der Waals surface area contributed by atoms with Gasteiger partial charge in [-0.1, -0.05) is 18.2 Å². The maximum atomic E-state index is 10.5. The predicted molar refractivity (Wildman–Crippen MR) is 64.3 cm³/mol. The van der Waals surface area contributed by atoms with Gasteiger partial charge in [-0.15, -0.1) is 0 Å². The molecule has 1 heterocycles. The van der Waals surface area contributed by atoms with E-state index >= 15 is 0 Å². The quantitative estimate of drug-likeness (QED) is 0.716. The number of nitrogens with zero attached hydrogens (tertiary/aromatic N) is 2. The highest BCUT2D eigenvalue weighted by Crippen LogP contribution is 2.15. The molecule has 0 saturated carbocycles. The lowest BCUT2D eigenvalue weighted by Gasteiger charge is -2.06. The SMILES string of the molecule is CCC(N=O)C(C)=Cc1ccc(OC)nc1. The highest BCUT2D eigenvalue weighted by molar-refractivity contribution is 5.53. The van der Waals surface area contributed by atoms with E-state index in [1.165, 1.54) is 0 Å². The zero-order valence-corrected chi connectivity index (χ0v) is 9.80. The molecule has 0 bridgehead atoms. The first-order valence-corrected chi connectivity index (χ1v) is 5.22. The molecule has 1 unspecified atom stereocenters. The van der Waals surface area contributed by atoms with Gasteiger partial charge in [0.25, 0.3) is 0 Å². The molecule has 4 nitrogen and oxygen atoms in total. The standard InChI is InChI=1S/C12H16N2O2/c1-4-11(14-15)9(2)7-10-5-6-12(16-3)13-8-10/h5-8,11H,4H2,1-3H3. The molecule has 1 aromatic heterocycles. The monoisotopic (exact) mass is 220 g/mol. The maximum Gasteiger partial charge on any atom is 0.212 e. The number of hydrogen-bond donors (Lipinski definition) is 0. The summed E-state index contributed by atoms with van der Waals surface area (Å²) in [6, 6.07) is 3.43. The van der Waals surface area contributed by atoms with Gasteiger partial charge in [0.2, 0.25) is 5.88 Å². The molecule has 0 aliphatic heterocycles. The van der Waals surface area contributed by atoms with Crippen molar-refractivity contribution in [3.63, 3.8) is 0 Å². The summed E-state index contributed by atoms with van der Waals surface area (Å²) in [6.45, 7) is 3.84. The largest absolute Gasteiger partial charge is 0.481 e. The molecule has 0 aliphatic rings. The zero-order chi connectivity index (χ0) is 12.0. The Labute approximate surface area is 95.3 Å². The second-order valence-electron chi connectivity index (χ2n) is 3.55. The molecule has 0 spiro atoms. The van der Waals surface area contributed by atoms with Gasteiger partial charge in [-0.05, 0) is 30.5 Å². The third-order valence-corrected chi connectivity index (χ3v) is 2.40. The Kier molecular flexibility index (Phi) is 4.64. The molecule has 0 saturated heterocycles. The van der Waals surface area contributed by atoms with Gasteiger partial charge >= 0.3 is 0 Å². The topological polar surface area (TPSA) is 51.5 Å². The van der Waals surface area contributed by atoms with Crippen molar-refractivity contribution in [2.75, 3.05) is 7.11 Å². The Morgan fingerprint density at radius 3 is 2.81 bits per heavy atom. The molecule has 1 atom stereocenters. The third-order valence-electron chi connectivity index (χ3n) is 2.40. The fraction of sp³-hybridized carbons (Fsp3) is 0.417. The van der Waals surface area contributed by atoms with Crippen LogP contribution in [0.4, 0.5) is 0 Å². The molecule has 0 aliphatic carbocycles.